The van der Waals surface area contributed by atoms with Gasteiger partial charge in [0.05, 0.1) is 8.07 Å². The zero-order valence-electron chi connectivity index (χ0n) is 33.4. The van der Waals surface area contributed by atoms with E-state index in [2.05, 4.69) is 46.0 Å². The predicted octanol–water partition coefficient (Wildman–Crippen LogP) is 15.9. The maximum absolute atomic E-state index is 3.09. The quantitative estimate of drug-likeness (QED) is 0.0920. The Bertz CT molecular complexity index is 944. The molecule has 5 fully saturated rings. The fourth-order valence-electron chi connectivity index (χ4n) is 12.0. The number of allylic oxidation sites excluding steroid dienone is 4. The third-order valence-electron chi connectivity index (χ3n) is 15.3. The summed E-state index contributed by atoms with van der Waals surface area (Å²) in [5, 5.41) is 0. The fraction of sp³-hybridized carbons (Fsp3) is 0.915. The van der Waals surface area contributed by atoms with Gasteiger partial charge in [-0.2, -0.15) is 0 Å². The van der Waals surface area contributed by atoms with Crippen molar-refractivity contribution in [2.24, 2.45) is 47.3 Å². The zero-order valence-corrected chi connectivity index (χ0v) is 34.4. The lowest BCUT2D eigenvalue weighted by Gasteiger charge is -2.45. The van der Waals surface area contributed by atoms with E-state index in [9.17, 15) is 0 Å². The number of unbranched alkanes of at least 4 members (excludes halogenated alkanes) is 6. The molecule has 1 heteroatoms. The Kier molecular flexibility index (Phi) is 16.3. The van der Waals surface area contributed by atoms with Crippen LogP contribution in [-0.2, 0) is 0 Å². The van der Waals surface area contributed by atoms with Crippen molar-refractivity contribution in [3.8, 4) is 0 Å². The first-order chi connectivity index (χ1) is 23.3. The van der Waals surface area contributed by atoms with Crippen LogP contribution in [0.3, 0.4) is 0 Å². The van der Waals surface area contributed by atoms with Crippen LogP contribution in [0.15, 0.2) is 23.3 Å². The summed E-state index contributed by atoms with van der Waals surface area (Å²) in [4.78, 5) is 0. The SMILES string of the molecule is CCCCCCCCC[Si](C)(C)C1CC(C=C(C2CCCCC2)C2CCC(C)CC2)CCC1C=C(C1CCCCC1)C1CCC(C)CC1. The van der Waals surface area contributed by atoms with Crippen molar-refractivity contribution in [2.45, 2.75) is 225 Å². The maximum Gasteiger partial charge on any atom is 0.0510 e. The molecule has 5 aliphatic carbocycles. The molecule has 276 valence electrons. The molecule has 48 heavy (non-hydrogen) atoms. The van der Waals surface area contributed by atoms with Gasteiger partial charge in [-0.25, -0.2) is 0 Å². The van der Waals surface area contributed by atoms with E-state index in [0.717, 1.165) is 52.9 Å². The lowest BCUT2D eigenvalue weighted by atomic mass is 9.68. The van der Waals surface area contributed by atoms with Crippen LogP contribution in [0.5, 0.6) is 0 Å². The minimum absolute atomic E-state index is 0.866. The normalized spacial score (nSPS) is 34.0. The Morgan fingerprint density at radius 3 is 1.48 bits per heavy atom. The van der Waals surface area contributed by atoms with Crippen molar-refractivity contribution in [1.82, 2.24) is 0 Å². The number of hydrogen-bond acceptors (Lipinski definition) is 0. The van der Waals surface area contributed by atoms with Gasteiger partial charge < -0.3 is 0 Å². The molecule has 0 bridgehead atoms. The van der Waals surface area contributed by atoms with E-state index in [1.165, 1.54) is 180 Å². The molecule has 0 saturated heterocycles. The molecule has 0 spiro atoms. The number of hydrogen-bond donors (Lipinski definition) is 0. The minimum atomic E-state index is -1.37. The molecule has 0 aromatic heterocycles. The lowest BCUT2D eigenvalue weighted by molar-refractivity contribution is 0.273. The van der Waals surface area contributed by atoms with Crippen LogP contribution in [0, 0.1) is 47.3 Å². The van der Waals surface area contributed by atoms with Crippen LogP contribution in [0.1, 0.15) is 201 Å². The second kappa shape index (κ2) is 20.1. The average molecular weight is 677 g/mol. The van der Waals surface area contributed by atoms with E-state index in [1.54, 1.807) is 6.04 Å². The molecular weight excluding hydrogens is 593 g/mol. The first kappa shape index (κ1) is 38.9. The van der Waals surface area contributed by atoms with Gasteiger partial charge in [0.2, 0.25) is 0 Å². The van der Waals surface area contributed by atoms with E-state index in [4.69, 9.17) is 0 Å². The Balaban J connectivity index is 1.38. The molecule has 0 aromatic carbocycles. The highest BCUT2D eigenvalue weighted by Gasteiger charge is 2.41. The zero-order chi connectivity index (χ0) is 33.8. The third-order valence-corrected chi connectivity index (χ3v) is 19.6. The van der Waals surface area contributed by atoms with Gasteiger partial charge in [-0.05, 0) is 124 Å². The topological polar surface area (TPSA) is 0 Å². The monoisotopic (exact) mass is 677 g/mol. The summed E-state index contributed by atoms with van der Waals surface area (Å²) in [5.74, 6) is 7.36. The molecule has 0 aromatic rings. The summed E-state index contributed by atoms with van der Waals surface area (Å²) in [6, 6.07) is 1.59. The Hall–Kier alpha value is -0.303. The van der Waals surface area contributed by atoms with Crippen LogP contribution in [-0.4, -0.2) is 8.07 Å². The molecule has 0 radical (unpaired) electrons. The van der Waals surface area contributed by atoms with Gasteiger partial charge in [0, 0.05) is 0 Å². The Morgan fingerprint density at radius 1 is 0.500 bits per heavy atom. The second-order valence-electron chi connectivity index (χ2n) is 19.6. The molecule has 0 heterocycles. The molecule has 0 amide bonds. The van der Waals surface area contributed by atoms with Crippen molar-refractivity contribution in [1.29, 1.82) is 0 Å². The van der Waals surface area contributed by atoms with E-state index in [1.807, 2.05) is 11.1 Å². The van der Waals surface area contributed by atoms with Gasteiger partial charge in [-0.15, -0.1) is 0 Å². The van der Waals surface area contributed by atoms with Crippen LogP contribution < -0.4 is 0 Å². The van der Waals surface area contributed by atoms with E-state index in [0.29, 0.717) is 0 Å². The first-order valence-electron chi connectivity index (χ1n) is 22.8. The summed E-state index contributed by atoms with van der Waals surface area (Å²) < 4.78 is 0. The van der Waals surface area contributed by atoms with Gasteiger partial charge >= 0.3 is 0 Å². The smallest absolute Gasteiger partial charge is 0.0510 e. The highest BCUT2D eigenvalue weighted by molar-refractivity contribution is 6.78. The molecule has 5 saturated carbocycles. The van der Waals surface area contributed by atoms with E-state index in [-0.39, 0.29) is 0 Å². The van der Waals surface area contributed by atoms with E-state index >= 15 is 0 Å². The van der Waals surface area contributed by atoms with Crippen molar-refractivity contribution >= 4 is 8.07 Å². The Labute approximate surface area is 302 Å². The molecule has 5 rings (SSSR count). The molecule has 5 aliphatic rings. The molecule has 3 atom stereocenters. The summed E-state index contributed by atoms with van der Waals surface area (Å²) in [6.07, 6.45) is 47.8. The van der Waals surface area contributed by atoms with E-state index < -0.39 is 8.07 Å². The summed E-state index contributed by atoms with van der Waals surface area (Å²) in [5.41, 5.74) is 5.02. The van der Waals surface area contributed by atoms with Crippen LogP contribution in [0.25, 0.3) is 0 Å². The summed E-state index contributed by atoms with van der Waals surface area (Å²) in [7, 11) is -1.37. The molecule has 0 nitrogen and oxygen atoms in total. The van der Waals surface area contributed by atoms with Crippen molar-refractivity contribution in [2.75, 3.05) is 0 Å². The maximum atomic E-state index is 3.09. The predicted molar refractivity (Wildman–Crippen MR) is 216 cm³/mol. The highest BCUT2D eigenvalue weighted by atomic mass is 28.3. The third kappa shape index (κ3) is 11.6. The van der Waals surface area contributed by atoms with Gasteiger partial charge in [0.1, 0.15) is 0 Å². The average Bonchev–Trinajstić information content (AvgIpc) is 3.11. The van der Waals surface area contributed by atoms with Gasteiger partial charge in [-0.3, -0.25) is 0 Å². The Morgan fingerprint density at radius 2 is 0.958 bits per heavy atom. The van der Waals surface area contributed by atoms with Crippen LogP contribution in [0.2, 0.25) is 24.7 Å². The fourth-order valence-corrected chi connectivity index (χ4v) is 15.9. The minimum Gasteiger partial charge on any atom is -0.0817 e. The molecule has 0 N–H and O–H groups in total. The lowest BCUT2D eigenvalue weighted by Crippen LogP contribution is -2.40. The first-order valence-corrected chi connectivity index (χ1v) is 26.1. The largest absolute Gasteiger partial charge is 0.0817 e. The standard InChI is InChI=1S/C47H84Si/c1-6-7-8-9-10-11-18-33-48(4,5)47-35-39(34-45(40-19-14-12-15-20-40)42-28-23-37(2)24-29-42)27-32-44(47)36-46(41-21-16-13-17-22-41)43-30-25-38(3)26-31-43/h34,36-44,47H,6-33,35H2,1-5H3. The van der Waals surface area contributed by atoms with Gasteiger partial charge in [0.25, 0.3) is 0 Å². The van der Waals surface area contributed by atoms with Gasteiger partial charge in [-0.1, -0.05) is 172 Å². The summed E-state index contributed by atoms with van der Waals surface area (Å²) >= 11 is 0. The van der Waals surface area contributed by atoms with Crippen LogP contribution in [0.4, 0.5) is 0 Å². The van der Waals surface area contributed by atoms with Crippen molar-refractivity contribution in [3.05, 3.63) is 23.3 Å². The van der Waals surface area contributed by atoms with Crippen LogP contribution >= 0.6 is 0 Å². The summed E-state index contributed by atoms with van der Waals surface area (Å²) in [6.45, 7) is 13.1. The van der Waals surface area contributed by atoms with Gasteiger partial charge in [0.15, 0.2) is 0 Å². The number of rotatable bonds is 15. The van der Waals surface area contributed by atoms with Crippen molar-refractivity contribution < 1.29 is 0 Å². The molecule has 0 aliphatic heterocycles. The van der Waals surface area contributed by atoms with Crippen molar-refractivity contribution in [3.63, 3.8) is 0 Å². The molecule has 3 unspecified atom stereocenters. The molecular formula is C47H84Si. The second-order valence-corrected chi connectivity index (χ2v) is 24.8. The highest BCUT2D eigenvalue weighted by Crippen LogP contribution is 2.51.